The lowest BCUT2D eigenvalue weighted by Crippen LogP contribution is -2.36. The number of imidazole rings is 1. The van der Waals surface area contributed by atoms with Crippen molar-refractivity contribution in [2.45, 2.75) is 37.8 Å². The number of para-hydroxylation sites is 1. The SMILES string of the molecule is NC1CCC(Nc2nc(Nc3ccc(N4CCOCC4)cc3)c3ncn(-c4ccccc4)c3n2)CC1. The second-order valence-corrected chi connectivity index (χ2v) is 9.55. The number of benzene rings is 2. The monoisotopic (exact) mass is 484 g/mol. The minimum absolute atomic E-state index is 0.295. The van der Waals surface area contributed by atoms with Crippen LogP contribution < -0.4 is 21.3 Å². The number of hydrogen-bond donors (Lipinski definition) is 3. The second-order valence-electron chi connectivity index (χ2n) is 9.55. The second kappa shape index (κ2) is 10.1. The van der Waals surface area contributed by atoms with Gasteiger partial charge in [-0.3, -0.25) is 4.57 Å². The maximum atomic E-state index is 6.11. The van der Waals surface area contributed by atoms with Gasteiger partial charge in [0.15, 0.2) is 17.0 Å². The van der Waals surface area contributed by atoms with E-state index in [0.29, 0.717) is 23.8 Å². The molecule has 36 heavy (non-hydrogen) atoms. The number of nitrogens with one attached hydrogen (secondary N) is 2. The Hall–Kier alpha value is -3.69. The molecule has 4 N–H and O–H groups in total. The lowest BCUT2D eigenvalue weighted by Gasteiger charge is -2.29. The van der Waals surface area contributed by atoms with Crippen molar-refractivity contribution >= 4 is 34.3 Å². The summed E-state index contributed by atoms with van der Waals surface area (Å²) in [5.41, 5.74) is 10.8. The highest BCUT2D eigenvalue weighted by molar-refractivity contribution is 5.87. The van der Waals surface area contributed by atoms with Crippen molar-refractivity contribution in [3.63, 3.8) is 0 Å². The van der Waals surface area contributed by atoms with Gasteiger partial charge in [-0.25, -0.2) is 4.98 Å². The summed E-state index contributed by atoms with van der Waals surface area (Å²) in [5, 5.41) is 7.06. The van der Waals surface area contributed by atoms with E-state index < -0.39 is 0 Å². The average molecular weight is 485 g/mol. The van der Waals surface area contributed by atoms with Crippen molar-refractivity contribution in [3.05, 3.63) is 60.9 Å². The zero-order valence-corrected chi connectivity index (χ0v) is 20.3. The van der Waals surface area contributed by atoms with Crippen LogP contribution in [0.25, 0.3) is 16.9 Å². The largest absolute Gasteiger partial charge is 0.378 e. The molecule has 186 valence electrons. The van der Waals surface area contributed by atoms with Crippen LogP contribution in [-0.4, -0.2) is 57.9 Å². The summed E-state index contributed by atoms with van der Waals surface area (Å²) in [5.74, 6) is 1.29. The lowest BCUT2D eigenvalue weighted by molar-refractivity contribution is 0.122. The minimum atomic E-state index is 0.295. The number of rotatable bonds is 6. The number of hydrogen-bond acceptors (Lipinski definition) is 8. The third-order valence-electron chi connectivity index (χ3n) is 7.04. The normalized spacial score (nSPS) is 20.4. The van der Waals surface area contributed by atoms with Crippen LogP contribution in [0, 0.1) is 0 Å². The minimum Gasteiger partial charge on any atom is -0.378 e. The Balaban J connectivity index is 1.32. The molecule has 1 aliphatic carbocycles. The average Bonchev–Trinajstić information content (AvgIpc) is 3.36. The van der Waals surface area contributed by atoms with Crippen LogP contribution in [0.15, 0.2) is 60.9 Å². The van der Waals surface area contributed by atoms with E-state index in [4.69, 9.17) is 20.4 Å². The van der Waals surface area contributed by atoms with Crippen molar-refractivity contribution in [2.24, 2.45) is 5.73 Å². The van der Waals surface area contributed by atoms with Crippen LogP contribution in [0.4, 0.5) is 23.1 Å². The van der Waals surface area contributed by atoms with Gasteiger partial charge in [-0.1, -0.05) is 18.2 Å². The molecule has 0 amide bonds. The predicted octanol–water partition coefficient (Wildman–Crippen LogP) is 4.08. The van der Waals surface area contributed by atoms with Crippen molar-refractivity contribution in [1.29, 1.82) is 0 Å². The molecular formula is C27H32N8O. The molecule has 0 radical (unpaired) electrons. The van der Waals surface area contributed by atoms with E-state index in [2.05, 4.69) is 56.9 Å². The van der Waals surface area contributed by atoms with Gasteiger partial charge in [-0.05, 0) is 62.1 Å². The van der Waals surface area contributed by atoms with E-state index in [-0.39, 0.29) is 0 Å². The van der Waals surface area contributed by atoms with Crippen LogP contribution in [0.2, 0.25) is 0 Å². The predicted molar refractivity (Wildman–Crippen MR) is 143 cm³/mol. The maximum Gasteiger partial charge on any atom is 0.227 e. The molecule has 1 aliphatic heterocycles. The fraction of sp³-hybridized carbons (Fsp3) is 0.370. The van der Waals surface area contributed by atoms with E-state index in [1.807, 2.05) is 29.1 Å². The molecular weight excluding hydrogens is 452 g/mol. The fourth-order valence-electron chi connectivity index (χ4n) is 4.99. The van der Waals surface area contributed by atoms with Gasteiger partial charge in [0.05, 0.1) is 13.2 Å². The molecule has 0 atom stereocenters. The summed E-state index contributed by atoms with van der Waals surface area (Å²) in [6.07, 6.45) is 5.88. The number of ether oxygens (including phenoxy) is 1. The van der Waals surface area contributed by atoms with Gasteiger partial charge in [-0.2, -0.15) is 9.97 Å². The highest BCUT2D eigenvalue weighted by Gasteiger charge is 2.21. The Kier molecular flexibility index (Phi) is 6.40. The number of anilines is 4. The summed E-state index contributed by atoms with van der Waals surface area (Å²) in [6.45, 7) is 3.37. The first-order valence-electron chi connectivity index (χ1n) is 12.8. The van der Waals surface area contributed by atoms with Gasteiger partial charge >= 0.3 is 0 Å². The van der Waals surface area contributed by atoms with Gasteiger partial charge in [0, 0.05) is 42.2 Å². The zero-order chi connectivity index (χ0) is 24.3. The molecule has 2 aliphatic rings. The van der Waals surface area contributed by atoms with Gasteiger partial charge in [-0.15, -0.1) is 0 Å². The first-order chi connectivity index (χ1) is 17.7. The molecule has 4 aromatic rings. The molecule has 1 saturated heterocycles. The molecule has 3 heterocycles. The first kappa shape index (κ1) is 22.8. The summed E-state index contributed by atoms with van der Waals surface area (Å²) in [7, 11) is 0. The Morgan fingerprint density at radius 2 is 1.61 bits per heavy atom. The topological polar surface area (TPSA) is 106 Å². The van der Waals surface area contributed by atoms with Gasteiger partial charge < -0.3 is 26.0 Å². The molecule has 6 rings (SSSR count). The quantitative estimate of drug-likeness (QED) is 0.376. The standard InChI is InChI=1S/C27H32N8O/c28-19-6-8-21(9-7-19)31-27-32-25(24-26(33-27)35(18-29-24)23-4-2-1-3-5-23)30-20-10-12-22(13-11-20)34-14-16-36-17-15-34/h1-5,10-13,18-19,21H,6-9,14-17,28H2,(H2,30,31,32,33). The molecule has 0 spiro atoms. The van der Waals surface area contributed by atoms with Crippen molar-refractivity contribution in [3.8, 4) is 5.69 Å². The fourth-order valence-corrected chi connectivity index (χ4v) is 4.99. The number of nitrogens with zero attached hydrogens (tertiary/aromatic N) is 5. The van der Waals surface area contributed by atoms with Gasteiger partial charge in [0.25, 0.3) is 0 Å². The molecule has 9 heteroatoms. The van der Waals surface area contributed by atoms with Crippen LogP contribution in [-0.2, 0) is 4.74 Å². The summed E-state index contributed by atoms with van der Waals surface area (Å²) in [4.78, 5) is 16.8. The molecule has 0 unspecified atom stereocenters. The highest BCUT2D eigenvalue weighted by atomic mass is 16.5. The molecule has 2 aromatic heterocycles. The Bertz CT molecular complexity index is 1290. The van der Waals surface area contributed by atoms with Crippen molar-refractivity contribution in [2.75, 3.05) is 41.8 Å². The van der Waals surface area contributed by atoms with E-state index in [0.717, 1.165) is 74.5 Å². The maximum absolute atomic E-state index is 6.11. The Morgan fingerprint density at radius 3 is 2.36 bits per heavy atom. The van der Waals surface area contributed by atoms with Crippen molar-refractivity contribution < 1.29 is 4.74 Å². The van der Waals surface area contributed by atoms with Crippen LogP contribution >= 0.6 is 0 Å². The van der Waals surface area contributed by atoms with Crippen LogP contribution in [0.1, 0.15) is 25.7 Å². The molecule has 1 saturated carbocycles. The molecule has 0 bridgehead atoms. The highest BCUT2D eigenvalue weighted by Crippen LogP contribution is 2.29. The van der Waals surface area contributed by atoms with Gasteiger partial charge in [0.2, 0.25) is 5.95 Å². The van der Waals surface area contributed by atoms with Crippen LogP contribution in [0.5, 0.6) is 0 Å². The lowest BCUT2D eigenvalue weighted by atomic mass is 9.92. The summed E-state index contributed by atoms with van der Waals surface area (Å²) >= 11 is 0. The first-order valence-corrected chi connectivity index (χ1v) is 12.8. The van der Waals surface area contributed by atoms with E-state index in [1.165, 1.54) is 5.69 Å². The van der Waals surface area contributed by atoms with Crippen molar-refractivity contribution in [1.82, 2.24) is 19.5 Å². The molecule has 9 nitrogen and oxygen atoms in total. The smallest absolute Gasteiger partial charge is 0.227 e. The van der Waals surface area contributed by atoms with Crippen LogP contribution in [0.3, 0.4) is 0 Å². The summed E-state index contributed by atoms with van der Waals surface area (Å²) in [6, 6.07) is 19.2. The zero-order valence-electron chi connectivity index (χ0n) is 20.3. The van der Waals surface area contributed by atoms with E-state index in [1.54, 1.807) is 0 Å². The molecule has 2 aromatic carbocycles. The number of fused-ring (bicyclic) bond motifs is 1. The van der Waals surface area contributed by atoms with E-state index in [9.17, 15) is 0 Å². The number of aromatic nitrogens is 4. The third-order valence-corrected chi connectivity index (χ3v) is 7.04. The third kappa shape index (κ3) is 4.84. The summed E-state index contributed by atoms with van der Waals surface area (Å²) < 4.78 is 7.49. The number of nitrogens with two attached hydrogens (primary N) is 1. The Labute approximate surface area is 210 Å². The van der Waals surface area contributed by atoms with E-state index >= 15 is 0 Å². The van der Waals surface area contributed by atoms with Gasteiger partial charge in [0.1, 0.15) is 6.33 Å². The Morgan fingerprint density at radius 1 is 0.861 bits per heavy atom. The molecule has 2 fully saturated rings. The number of morpholine rings is 1.